The van der Waals surface area contributed by atoms with Crippen LogP contribution < -0.4 is 16.8 Å². The van der Waals surface area contributed by atoms with E-state index in [1.807, 2.05) is 12.1 Å². The normalized spacial score (nSPS) is 12.4. The van der Waals surface area contributed by atoms with Crippen LogP contribution in [0.25, 0.3) is 0 Å². The van der Waals surface area contributed by atoms with Crippen molar-refractivity contribution in [3.8, 4) is 0 Å². The molecule has 0 aliphatic heterocycles. The summed E-state index contributed by atoms with van der Waals surface area (Å²) >= 11 is 0. The first kappa shape index (κ1) is 21.0. The van der Waals surface area contributed by atoms with Crippen LogP contribution in [0.15, 0.2) is 34.3 Å². The van der Waals surface area contributed by atoms with Crippen molar-refractivity contribution in [3.05, 3.63) is 35.4 Å². The molecule has 1 aromatic carbocycles. The second-order valence-electron chi connectivity index (χ2n) is 6.55. The van der Waals surface area contributed by atoms with Gasteiger partial charge >= 0.3 is 0 Å². The zero-order chi connectivity index (χ0) is 18.3. The SMILES string of the molecule is CCCCCCCCCCN=C(N)NC(N)=NCc1ccc(C)cc1. The second-order valence-corrected chi connectivity index (χ2v) is 6.55. The summed E-state index contributed by atoms with van der Waals surface area (Å²) < 4.78 is 0. The van der Waals surface area contributed by atoms with Crippen molar-refractivity contribution in [2.75, 3.05) is 6.54 Å². The molecular weight excluding hydrogens is 310 g/mol. The van der Waals surface area contributed by atoms with Gasteiger partial charge in [-0.3, -0.25) is 10.3 Å². The molecule has 0 unspecified atom stereocenters. The Balaban J connectivity index is 2.14. The first-order chi connectivity index (χ1) is 12.1. The third-order valence-corrected chi connectivity index (χ3v) is 4.10. The first-order valence-corrected chi connectivity index (χ1v) is 9.54. The summed E-state index contributed by atoms with van der Waals surface area (Å²) in [4.78, 5) is 8.58. The van der Waals surface area contributed by atoms with Crippen LogP contribution >= 0.6 is 0 Å². The number of hydrogen-bond acceptors (Lipinski definition) is 2. The number of aliphatic imine (C=N–C) groups is 2. The molecule has 0 aromatic heterocycles. The third kappa shape index (κ3) is 11.2. The smallest absolute Gasteiger partial charge is 0.195 e. The number of nitrogens with zero attached hydrogens (tertiary/aromatic N) is 2. The monoisotopic (exact) mass is 345 g/mol. The lowest BCUT2D eigenvalue weighted by molar-refractivity contribution is 0.578. The van der Waals surface area contributed by atoms with Gasteiger partial charge in [0.2, 0.25) is 0 Å². The largest absolute Gasteiger partial charge is 0.370 e. The molecular formula is C20H35N5. The molecule has 5 nitrogen and oxygen atoms in total. The van der Waals surface area contributed by atoms with Crippen molar-refractivity contribution >= 4 is 11.9 Å². The summed E-state index contributed by atoms with van der Waals surface area (Å²) in [6.07, 6.45) is 10.3. The Morgan fingerprint density at radius 1 is 0.840 bits per heavy atom. The Hall–Kier alpha value is -2.04. The van der Waals surface area contributed by atoms with Crippen molar-refractivity contribution in [2.24, 2.45) is 21.5 Å². The molecule has 25 heavy (non-hydrogen) atoms. The summed E-state index contributed by atoms with van der Waals surface area (Å²) in [5, 5.41) is 2.84. The minimum absolute atomic E-state index is 0.303. The molecule has 1 aromatic rings. The van der Waals surface area contributed by atoms with E-state index >= 15 is 0 Å². The van der Waals surface area contributed by atoms with Gasteiger partial charge in [0.1, 0.15) is 0 Å². The van der Waals surface area contributed by atoms with Gasteiger partial charge in [-0.25, -0.2) is 4.99 Å². The van der Waals surface area contributed by atoms with Crippen LogP contribution in [0.2, 0.25) is 0 Å². The van der Waals surface area contributed by atoms with Gasteiger partial charge in [-0.1, -0.05) is 81.7 Å². The molecule has 0 heterocycles. The van der Waals surface area contributed by atoms with Gasteiger partial charge in [0.15, 0.2) is 11.9 Å². The Labute approximate surface area is 153 Å². The number of hydrogen-bond donors (Lipinski definition) is 3. The molecule has 0 saturated heterocycles. The van der Waals surface area contributed by atoms with E-state index in [0.717, 1.165) is 18.5 Å². The van der Waals surface area contributed by atoms with Crippen LogP contribution in [0, 0.1) is 6.92 Å². The van der Waals surface area contributed by atoms with Gasteiger partial charge in [0.25, 0.3) is 0 Å². The third-order valence-electron chi connectivity index (χ3n) is 4.10. The second kappa shape index (κ2) is 13.3. The molecule has 0 aliphatic carbocycles. The topological polar surface area (TPSA) is 88.8 Å². The van der Waals surface area contributed by atoms with Crippen molar-refractivity contribution in [3.63, 3.8) is 0 Å². The highest BCUT2D eigenvalue weighted by Gasteiger charge is 1.97. The minimum Gasteiger partial charge on any atom is -0.370 e. The maximum Gasteiger partial charge on any atom is 0.195 e. The molecule has 140 valence electrons. The summed E-state index contributed by atoms with van der Waals surface area (Å²) in [7, 11) is 0. The molecule has 5 heteroatoms. The highest BCUT2D eigenvalue weighted by molar-refractivity contribution is 5.96. The summed E-state index contributed by atoms with van der Waals surface area (Å²) in [6.45, 7) is 5.58. The number of nitrogens with one attached hydrogen (secondary N) is 1. The highest BCUT2D eigenvalue weighted by Crippen LogP contribution is 2.08. The molecule has 0 aliphatic rings. The number of rotatable bonds is 11. The molecule has 0 bridgehead atoms. The first-order valence-electron chi connectivity index (χ1n) is 9.54. The molecule has 5 N–H and O–H groups in total. The standard InChI is InChI=1S/C20H35N5/c1-3-4-5-6-7-8-9-10-15-23-19(21)25-20(22)24-16-18-13-11-17(2)12-14-18/h11-14H,3-10,15-16H2,1-2H3,(H5,21,22,23,24,25). The lowest BCUT2D eigenvalue weighted by Gasteiger charge is -2.05. The molecule has 0 fully saturated rings. The predicted molar refractivity (Wildman–Crippen MR) is 109 cm³/mol. The van der Waals surface area contributed by atoms with E-state index in [1.54, 1.807) is 0 Å². The predicted octanol–water partition coefficient (Wildman–Crippen LogP) is 3.85. The van der Waals surface area contributed by atoms with E-state index in [-0.39, 0.29) is 0 Å². The number of unbranched alkanes of at least 4 members (excludes halogenated alkanes) is 7. The number of aryl methyl sites for hydroxylation is 1. The van der Waals surface area contributed by atoms with Gasteiger partial charge in [0.05, 0.1) is 6.54 Å². The Bertz CT molecular complexity index is 519. The zero-order valence-electron chi connectivity index (χ0n) is 15.9. The highest BCUT2D eigenvalue weighted by atomic mass is 15.2. The van der Waals surface area contributed by atoms with E-state index in [2.05, 4.69) is 41.3 Å². The van der Waals surface area contributed by atoms with Crippen LogP contribution in [0.4, 0.5) is 0 Å². The van der Waals surface area contributed by atoms with Crippen molar-refractivity contribution < 1.29 is 0 Å². The molecule has 0 amide bonds. The molecule has 1 rings (SSSR count). The molecule has 0 saturated carbocycles. The fourth-order valence-electron chi connectivity index (χ4n) is 2.53. The van der Waals surface area contributed by atoms with Gasteiger partial charge < -0.3 is 11.5 Å². The zero-order valence-corrected chi connectivity index (χ0v) is 15.9. The number of nitrogens with two attached hydrogens (primary N) is 2. The van der Waals surface area contributed by atoms with E-state index in [9.17, 15) is 0 Å². The van der Waals surface area contributed by atoms with Gasteiger partial charge in [-0.05, 0) is 18.9 Å². The number of benzene rings is 1. The van der Waals surface area contributed by atoms with Crippen molar-refractivity contribution in [1.29, 1.82) is 0 Å². The Morgan fingerprint density at radius 2 is 1.40 bits per heavy atom. The molecule has 0 atom stereocenters. The average Bonchev–Trinajstić information content (AvgIpc) is 2.60. The van der Waals surface area contributed by atoms with Crippen LogP contribution in [-0.2, 0) is 6.54 Å². The minimum atomic E-state index is 0.303. The van der Waals surface area contributed by atoms with Gasteiger partial charge in [-0.2, -0.15) is 0 Å². The Kier molecular flexibility index (Phi) is 11.2. The lowest BCUT2D eigenvalue weighted by Crippen LogP contribution is -2.41. The fraction of sp³-hybridized carbons (Fsp3) is 0.600. The maximum absolute atomic E-state index is 5.84. The average molecular weight is 346 g/mol. The summed E-state index contributed by atoms with van der Waals surface area (Å²) in [5.41, 5.74) is 14.0. The van der Waals surface area contributed by atoms with E-state index in [0.29, 0.717) is 18.5 Å². The fourth-order valence-corrected chi connectivity index (χ4v) is 2.53. The van der Waals surface area contributed by atoms with Crippen LogP contribution in [0.1, 0.15) is 69.4 Å². The summed E-state index contributed by atoms with van der Waals surface area (Å²) in [6, 6.07) is 8.22. The van der Waals surface area contributed by atoms with Crippen LogP contribution in [-0.4, -0.2) is 18.5 Å². The maximum atomic E-state index is 5.84. The number of guanidine groups is 2. The van der Waals surface area contributed by atoms with Crippen molar-refractivity contribution in [1.82, 2.24) is 5.32 Å². The summed E-state index contributed by atoms with van der Waals surface area (Å²) in [5.74, 6) is 0.644. The quantitative estimate of drug-likeness (QED) is 0.323. The van der Waals surface area contributed by atoms with Crippen LogP contribution in [0.3, 0.4) is 0 Å². The van der Waals surface area contributed by atoms with Gasteiger partial charge in [-0.15, -0.1) is 0 Å². The van der Waals surface area contributed by atoms with E-state index in [4.69, 9.17) is 11.5 Å². The Morgan fingerprint density at radius 3 is 2.04 bits per heavy atom. The van der Waals surface area contributed by atoms with E-state index < -0.39 is 0 Å². The molecule has 0 spiro atoms. The van der Waals surface area contributed by atoms with E-state index in [1.165, 1.54) is 50.5 Å². The molecule has 0 radical (unpaired) electrons. The van der Waals surface area contributed by atoms with Crippen molar-refractivity contribution in [2.45, 2.75) is 71.8 Å². The van der Waals surface area contributed by atoms with Gasteiger partial charge in [0, 0.05) is 6.54 Å². The lowest BCUT2D eigenvalue weighted by atomic mass is 10.1. The van der Waals surface area contributed by atoms with Crippen LogP contribution in [0.5, 0.6) is 0 Å².